The largest absolute Gasteiger partial charge is 0.329 e. The monoisotopic (exact) mass is 236 g/mol. The van der Waals surface area contributed by atoms with E-state index in [0.717, 1.165) is 0 Å². The standard InChI is InChI=1S/C7H6Cl2N2OS/c8-4-2-1-3-5(9)6(4)10-7(12)11-13/h1-3,13H,(H2,10,11,12). The number of urea groups is 1. The molecule has 0 unspecified atom stereocenters. The third kappa shape index (κ3) is 2.69. The number of benzene rings is 1. The van der Waals surface area contributed by atoms with E-state index in [1.807, 2.05) is 0 Å². The number of para-hydroxylation sites is 1. The molecule has 0 aromatic heterocycles. The zero-order valence-electron chi connectivity index (χ0n) is 6.34. The van der Waals surface area contributed by atoms with Crippen LogP contribution >= 0.6 is 36.0 Å². The molecule has 0 aliphatic heterocycles. The Kier molecular flexibility index (Phi) is 3.71. The Balaban J connectivity index is 2.93. The van der Waals surface area contributed by atoms with E-state index in [2.05, 4.69) is 22.9 Å². The molecular weight excluding hydrogens is 231 g/mol. The maximum atomic E-state index is 10.9. The third-order valence-electron chi connectivity index (χ3n) is 1.30. The van der Waals surface area contributed by atoms with Crippen molar-refractivity contribution in [2.75, 3.05) is 5.32 Å². The predicted molar refractivity (Wildman–Crippen MR) is 57.6 cm³/mol. The van der Waals surface area contributed by atoms with Crippen molar-refractivity contribution in [2.24, 2.45) is 0 Å². The molecule has 0 saturated carbocycles. The van der Waals surface area contributed by atoms with Gasteiger partial charge < -0.3 is 5.32 Å². The molecule has 0 radical (unpaired) electrons. The molecule has 0 aliphatic carbocycles. The van der Waals surface area contributed by atoms with Crippen molar-refractivity contribution in [3.8, 4) is 0 Å². The zero-order chi connectivity index (χ0) is 9.84. The van der Waals surface area contributed by atoms with E-state index in [-0.39, 0.29) is 0 Å². The van der Waals surface area contributed by atoms with Crippen LogP contribution in [0.5, 0.6) is 0 Å². The van der Waals surface area contributed by atoms with Crippen LogP contribution in [0.3, 0.4) is 0 Å². The summed E-state index contributed by atoms with van der Waals surface area (Å²) in [5, 5.41) is 3.20. The van der Waals surface area contributed by atoms with E-state index in [4.69, 9.17) is 23.2 Å². The molecule has 70 valence electrons. The first-order valence-corrected chi connectivity index (χ1v) is 4.50. The lowest BCUT2D eigenvalue weighted by Crippen LogP contribution is -2.20. The molecule has 13 heavy (non-hydrogen) atoms. The lowest BCUT2D eigenvalue weighted by atomic mass is 10.3. The van der Waals surface area contributed by atoms with Gasteiger partial charge in [-0.1, -0.05) is 42.1 Å². The number of nitrogens with one attached hydrogen (secondary N) is 2. The lowest BCUT2D eigenvalue weighted by Gasteiger charge is -2.07. The van der Waals surface area contributed by atoms with E-state index >= 15 is 0 Å². The van der Waals surface area contributed by atoms with Crippen molar-refractivity contribution >= 4 is 47.7 Å². The number of thiol groups is 1. The summed E-state index contributed by atoms with van der Waals surface area (Å²) in [6.07, 6.45) is 0. The fraction of sp³-hybridized carbons (Fsp3) is 0. The quantitative estimate of drug-likeness (QED) is 0.646. The second-order valence-electron chi connectivity index (χ2n) is 2.16. The second kappa shape index (κ2) is 4.60. The van der Waals surface area contributed by atoms with Gasteiger partial charge >= 0.3 is 6.03 Å². The molecule has 0 fully saturated rings. The number of hydrogen-bond acceptors (Lipinski definition) is 2. The minimum atomic E-state index is -0.488. The number of anilines is 1. The number of amides is 2. The van der Waals surface area contributed by atoms with Gasteiger partial charge in [-0.3, -0.25) is 4.72 Å². The molecule has 1 aromatic carbocycles. The smallest absolute Gasteiger partial charge is 0.304 e. The highest BCUT2D eigenvalue weighted by molar-refractivity contribution is 7.78. The van der Waals surface area contributed by atoms with Crippen molar-refractivity contribution in [2.45, 2.75) is 0 Å². The molecule has 0 bridgehead atoms. The normalized spacial score (nSPS) is 9.46. The van der Waals surface area contributed by atoms with Crippen molar-refractivity contribution < 1.29 is 4.79 Å². The average molecular weight is 237 g/mol. The highest BCUT2D eigenvalue weighted by Crippen LogP contribution is 2.29. The van der Waals surface area contributed by atoms with Crippen LogP contribution in [0.25, 0.3) is 0 Å². The molecule has 1 aromatic rings. The minimum Gasteiger partial charge on any atom is -0.304 e. The highest BCUT2D eigenvalue weighted by Gasteiger charge is 2.07. The molecule has 1 rings (SSSR count). The van der Waals surface area contributed by atoms with Crippen LogP contribution in [0, 0.1) is 0 Å². The van der Waals surface area contributed by atoms with Gasteiger partial charge in [-0.15, -0.1) is 0 Å². The summed E-state index contributed by atoms with van der Waals surface area (Å²) >= 11 is 15.1. The van der Waals surface area contributed by atoms with Crippen LogP contribution in [0.15, 0.2) is 18.2 Å². The summed E-state index contributed by atoms with van der Waals surface area (Å²) in [6.45, 7) is 0. The summed E-state index contributed by atoms with van der Waals surface area (Å²) in [7, 11) is 0. The number of rotatable bonds is 1. The molecule has 0 saturated heterocycles. The van der Waals surface area contributed by atoms with Crippen LogP contribution in [0.2, 0.25) is 10.0 Å². The van der Waals surface area contributed by atoms with Gasteiger partial charge in [0.2, 0.25) is 0 Å². The summed E-state index contributed by atoms with van der Waals surface area (Å²) in [4.78, 5) is 10.9. The Morgan fingerprint density at radius 2 is 1.85 bits per heavy atom. The van der Waals surface area contributed by atoms with E-state index in [0.29, 0.717) is 15.7 Å². The molecule has 3 nitrogen and oxygen atoms in total. The Morgan fingerprint density at radius 1 is 1.31 bits per heavy atom. The summed E-state index contributed by atoms with van der Waals surface area (Å²) < 4.78 is 2.10. The predicted octanol–water partition coefficient (Wildman–Crippen LogP) is 2.96. The second-order valence-corrected chi connectivity index (χ2v) is 3.20. The van der Waals surface area contributed by atoms with E-state index in [9.17, 15) is 4.79 Å². The van der Waals surface area contributed by atoms with Gasteiger partial charge in [-0.05, 0) is 12.1 Å². The van der Waals surface area contributed by atoms with Crippen LogP contribution in [0.1, 0.15) is 0 Å². The zero-order valence-corrected chi connectivity index (χ0v) is 8.75. The van der Waals surface area contributed by atoms with Gasteiger partial charge in [0.05, 0.1) is 15.7 Å². The third-order valence-corrected chi connectivity index (χ3v) is 2.14. The van der Waals surface area contributed by atoms with Gasteiger partial charge in [0.15, 0.2) is 0 Å². The molecule has 0 spiro atoms. The Hall–Kier alpha value is -0.580. The van der Waals surface area contributed by atoms with Gasteiger partial charge in [0.25, 0.3) is 0 Å². The summed E-state index contributed by atoms with van der Waals surface area (Å²) in [5.74, 6) is 0. The number of carbonyl (C=O) groups is 1. The van der Waals surface area contributed by atoms with E-state index in [1.54, 1.807) is 18.2 Å². The van der Waals surface area contributed by atoms with Crippen molar-refractivity contribution in [1.82, 2.24) is 4.72 Å². The van der Waals surface area contributed by atoms with Gasteiger partial charge in [-0.2, -0.15) is 0 Å². The van der Waals surface area contributed by atoms with Gasteiger partial charge in [0.1, 0.15) is 0 Å². The Labute approximate surface area is 91.0 Å². The Morgan fingerprint density at radius 3 is 2.31 bits per heavy atom. The number of halogens is 2. The topological polar surface area (TPSA) is 41.1 Å². The first-order chi connectivity index (χ1) is 6.15. The molecule has 0 aliphatic rings. The Bertz CT molecular complexity index is 312. The number of carbonyl (C=O) groups excluding carboxylic acids is 1. The highest BCUT2D eigenvalue weighted by atomic mass is 35.5. The van der Waals surface area contributed by atoms with Crippen LogP contribution in [-0.2, 0) is 0 Å². The fourth-order valence-electron chi connectivity index (χ4n) is 0.759. The van der Waals surface area contributed by atoms with Gasteiger partial charge in [0, 0.05) is 0 Å². The molecule has 0 atom stereocenters. The van der Waals surface area contributed by atoms with Crippen molar-refractivity contribution in [1.29, 1.82) is 0 Å². The SMILES string of the molecule is O=C(NS)Nc1c(Cl)cccc1Cl. The molecular formula is C7H6Cl2N2OS. The van der Waals surface area contributed by atoms with Crippen LogP contribution in [0.4, 0.5) is 10.5 Å². The van der Waals surface area contributed by atoms with E-state index < -0.39 is 6.03 Å². The molecule has 2 N–H and O–H groups in total. The van der Waals surface area contributed by atoms with E-state index in [1.165, 1.54) is 0 Å². The average Bonchev–Trinajstić information content (AvgIpc) is 2.11. The fourth-order valence-corrected chi connectivity index (χ4v) is 1.31. The minimum absolute atomic E-state index is 0.373. The molecule has 0 heterocycles. The molecule has 2 amide bonds. The lowest BCUT2D eigenvalue weighted by molar-refractivity contribution is 0.257. The molecule has 6 heteroatoms. The number of hydrogen-bond donors (Lipinski definition) is 3. The van der Waals surface area contributed by atoms with Gasteiger partial charge in [-0.25, -0.2) is 4.79 Å². The van der Waals surface area contributed by atoms with Crippen molar-refractivity contribution in [3.05, 3.63) is 28.2 Å². The first kappa shape index (κ1) is 10.5. The van der Waals surface area contributed by atoms with Crippen LogP contribution < -0.4 is 10.0 Å². The van der Waals surface area contributed by atoms with Crippen molar-refractivity contribution in [3.63, 3.8) is 0 Å². The first-order valence-electron chi connectivity index (χ1n) is 3.30. The summed E-state index contributed by atoms with van der Waals surface area (Å²) in [6, 6.07) is 4.45. The maximum Gasteiger partial charge on any atom is 0.329 e. The maximum absolute atomic E-state index is 10.9. The summed E-state index contributed by atoms with van der Waals surface area (Å²) in [5.41, 5.74) is 0.373. The van der Waals surface area contributed by atoms with Crippen LogP contribution in [-0.4, -0.2) is 6.03 Å².